The summed E-state index contributed by atoms with van der Waals surface area (Å²) in [4.78, 5) is 11.4. The van der Waals surface area contributed by atoms with E-state index in [1.54, 1.807) is 0 Å². The van der Waals surface area contributed by atoms with Crippen molar-refractivity contribution in [2.24, 2.45) is 16.6 Å². The van der Waals surface area contributed by atoms with Gasteiger partial charge in [0.2, 0.25) is 0 Å². The first-order valence-corrected chi connectivity index (χ1v) is 9.05. The van der Waals surface area contributed by atoms with E-state index in [1.807, 2.05) is 12.3 Å². The van der Waals surface area contributed by atoms with Crippen LogP contribution in [0.2, 0.25) is 0 Å². The zero-order valence-corrected chi connectivity index (χ0v) is 16.7. The maximum atomic E-state index is 5.96. The van der Waals surface area contributed by atoms with Crippen LogP contribution < -0.4 is 16.0 Å². The third-order valence-corrected chi connectivity index (χ3v) is 4.97. The van der Waals surface area contributed by atoms with E-state index in [2.05, 4.69) is 26.3 Å². The highest BCUT2D eigenvalue weighted by Crippen LogP contribution is 2.25. The van der Waals surface area contributed by atoms with Crippen molar-refractivity contribution in [3.05, 3.63) is 23.9 Å². The van der Waals surface area contributed by atoms with Gasteiger partial charge in [0.05, 0.1) is 6.54 Å². The molecular weight excluding hydrogens is 413 g/mol. The second-order valence-electron chi connectivity index (χ2n) is 6.80. The number of halogens is 1. The van der Waals surface area contributed by atoms with Gasteiger partial charge in [-0.25, -0.2) is 9.98 Å². The van der Waals surface area contributed by atoms with Gasteiger partial charge in [0.1, 0.15) is 5.82 Å². The number of nitrogens with zero attached hydrogens (tertiary/aromatic N) is 3. The van der Waals surface area contributed by atoms with Gasteiger partial charge in [0.25, 0.3) is 0 Å². The van der Waals surface area contributed by atoms with Crippen molar-refractivity contribution in [2.75, 3.05) is 24.5 Å². The molecule has 0 radical (unpaired) electrons. The molecule has 2 heterocycles. The van der Waals surface area contributed by atoms with Crippen LogP contribution in [0.5, 0.6) is 0 Å². The van der Waals surface area contributed by atoms with Crippen LogP contribution in [-0.4, -0.2) is 30.6 Å². The summed E-state index contributed by atoms with van der Waals surface area (Å²) in [6.45, 7) is 3.81. The molecule has 1 saturated carbocycles. The lowest BCUT2D eigenvalue weighted by atomic mass is 9.85. The van der Waals surface area contributed by atoms with Crippen molar-refractivity contribution in [3.8, 4) is 0 Å². The van der Waals surface area contributed by atoms with Gasteiger partial charge in [-0.05, 0) is 49.3 Å². The molecule has 3 N–H and O–H groups in total. The summed E-state index contributed by atoms with van der Waals surface area (Å²) in [5, 5.41) is 3.24. The fourth-order valence-electron chi connectivity index (χ4n) is 3.21. The smallest absolute Gasteiger partial charge is 0.188 e. The molecule has 134 valence electrons. The van der Waals surface area contributed by atoms with Crippen LogP contribution in [0, 0.1) is 5.92 Å². The van der Waals surface area contributed by atoms with Gasteiger partial charge in [-0.2, -0.15) is 0 Å². The quantitative estimate of drug-likeness (QED) is 0.417. The lowest BCUT2D eigenvalue weighted by molar-refractivity contribution is 0.315. The Labute approximate surface area is 162 Å². The number of aliphatic imine (C=N–C) groups is 1. The maximum Gasteiger partial charge on any atom is 0.188 e. The van der Waals surface area contributed by atoms with Gasteiger partial charge in [-0.3, -0.25) is 0 Å². The van der Waals surface area contributed by atoms with Crippen molar-refractivity contribution >= 4 is 35.8 Å². The minimum absolute atomic E-state index is 0. The van der Waals surface area contributed by atoms with E-state index in [9.17, 15) is 0 Å². The summed E-state index contributed by atoms with van der Waals surface area (Å²) in [6, 6.07) is 4.19. The van der Waals surface area contributed by atoms with Gasteiger partial charge in [-0.15, -0.1) is 24.0 Å². The Bertz CT molecular complexity index is 522. The minimum Gasteiger partial charge on any atom is -0.370 e. The van der Waals surface area contributed by atoms with Crippen LogP contribution in [0.25, 0.3) is 0 Å². The van der Waals surface area contributed by atoms with E-state index in [0.717, 1.165) is 31.4 Å². The molecule has 2 fully saturated rings. The lowest BCUT2D eigenvalue weighted by Gasteiger charge is -2.25. The number of nitrogens with two attached hydrogens (primary N) is 1. The van der Waals surface area contributed by atoms with Crippen molar-refractivity contribution in [2.45, 2.75) is 51.5 Å². The highest BCUT2D eigenvalue weighted by atomic mass is 127. The van der Waals surface area contributed by atoms with Gasteiger partial charge in [0.15, 0.2) is 5.96 Å². The molecule has 0 bridgehead atoms. The molecule has 3 rings (SSSR count). The largest absolute Gasteiger partial charge is 0.370 e. The first kappa shape index (κ1) is 19.3. The number of guanidine groups is 1. The number of anilines is 1. The van der Waals surface area contributed by atoms with Gasteiger partial charge >= 0.3 is 0 Å². The second kappa shape index (κ2) is 10.1. The summed E-state index contributed by atoms with van der Waals surface area (Å²) in [6.07, 6.45) is 11.1. The van der Waals surface area contributed by atoms with Crippen LogP contribution in [0.1, 0.15) is 50.5 Å². The van der Waals surface area contributed by atoms with Crippen LogP contribution in [0.3, 0.4) is 0 Å². The van der Waals surface area contributed by atoms with Gasteiger partial charge in [-0.1, -0.05) is 19.3 Å². The molecule has 0 unspecified atom stereocenters. The van der Waals surface area contributed by atoms with E-state index < -0.39 is 0 Å². The van der Waals surface area contributed by atoms with Crippen LogP contribution in [-0.2, 0) is 6.54 Å². The molecule has 5 nitrogen and oxygen atoms in total. The summed E-state index contributed by atoms with van der Waals surface area (Å²) in [7, 11) is 0. The zero-order valence-electron chi connectivity index (χ0n) is 14.4. The maximum absolute atomic E-state index is 5.96. The highest BCUT2D eigenvalue weighted by molar-refractivity contribution is 14.0. The van der Waals surface area contributed by atoms with Crippen LogP contribution >= 0.6 is 24.0 Å². The molecule has 6 heteroatoms. The molecule has 0 aromatic carbocycles. The summed E-state index contributed by atoms with van der Waals surface area (Å²) in [5.74, 6) is 2.44. The Kier molecular flexibility index (Phi) is 8.08. The number of rotatable bonds is 5. The van der Waals surface area contributed by atoms with Crippen molar-refractivity contribution < 1.29 is 0 Å². The number of aromatic nitrogens is 1. The Morgan fingerprint density at radius 2 is 1.96 bits per heavy atom. The minimum atomic E-state index is 0. The predicted molar refractivity (Wildman–Crippen MR) is 111 cm³/mol. The first-order chi connectivity index (χ1) is 11.3. The molecule has 0 amide bonds. The molecule has 1 aliphatic heterocycles. The van der Waals surface area contributed by atoms with Crippen molar-refractivity contribution in [1.82, 2.24) is 10.3 Å². The zero-order chi connectivity index (χ0) is 15.9. The number of hydrogen-bond donors (Lipinski definition) is 2. The van der Waals surface area contributed by atoms with Crippen LogP contribution in [0.4, 0.5) is 5.82 Å². The topological polar surface area (TPSA) is 66.5 Å². The highest BCUT2D eigenvalue weighted by Gasteiger charge is 2.16. The molecule has 0 spiro atoms. The molecule has 1 aromatic heterocycles. The SMILES string of the molecule is I.NC(=NCc1ccnc(N2CCCCCC2)c1)NCC1CCC1. The van der Waals surface area contributed by atoms with E-state index in [4.69, 9.17) is 5.73 Å². The second-order valence-corrected chi connectivity index (χ2v) is 6.80. The predicted octanol–water partition coefficient (Wildman–Crippen LogP) is 3.28. The lowest BCUT2D eigenvalue weighted by Crippen LogP contribution is -2.37. The van der Waals surface area contributed by atoms with Crippen molar-refractivity contribution in [1.29, 1.82) is 0 Å². The summed E-state index contributed by atoms with van der Waals surface area (Å²) >= 11 is 0. The summed E-state index contributed by atoms with van der Waals surface area (Å²) < 4.78 is 0. The van der Waals surface area contributed by atoms with Gasteiger partial charge < -0.3 is 16.0 Å². The van der Waals surface area contributed by atoms with E-state index in [0.29, 0.717) is 12.5 Å². The standard InChI is InChI=1S/C18H29N5.HI/c19-18(21-13-15-6-5-7-15)22-14-16-8-9-20-17(12-16)23-10-3-1-2-4-11-23;/h8-9,12,15H,1-7,10-11,13-14H2,(H3,19,21,22);1H. The third-order valence-electron chi connectivity index (χ3n) is 4.97. The monoisotopic (exact) mass is 443 g/mol. The molecule has 1 aliphatic carbocycles. The fourth-order valence-corrected chi connectivity index (χ4v) is 3.21. The normalized spacial score (nSPS) is 19.2. The Hall–Kier alpha value is -1.05. The van der Waals surface area contributed by atoms with E-state index in [1.165, 1.54) is 50.5 Å². The Morgan fingerprint density at radius 3 is 2.62 bits per heavy atom. The van der Waals surface area contributed by atoms with Crippen molar-refractivity contribution in [3.63, 3.8) is 0 Å². The molecular formula is C18H30IN5. The third kappa shape index (κ3) is 5.79. The first-order valence-electron chi connectivity index (χ1n) is 9.05. The van der Waals surface area contributed by atoms with Crippen LogP contribution in [0.15, 0.2) is 23.3 Å². The molecule has 1 aromatic rings. The molecule has 2 aliphatic rings. The summed E-state index contributed by atoms with van der Waals surface area (Å²) in [5.41, 5.74) is 7.14. The number of pyridine rings is 1. The molecule has 0 atom stereocenters. The Balaban J connectivity index is 0.00000208. The number of nitrogens with one attached hydrogen (secondary N) is 1. The van der Waals surface area contributed by atoms with E-state index >= 15 is 0 Å². The van der Waals surface area contributed by atoms with E-state index in [-0.39, 0.29) is 24.0 Å². The molecule has 1 saturated heterocycles. The average Bonchev–Trinajstić information content (AvgIpc) is 2.81. The Morgan fingerprint density at radius 1 is 1.21 bits per heavy atom. The number of hydrogen-bond acceptors (Lipinski definition) is 3. The molecule has 24 heavy (non-hydrogen) atoms. The van der Waals surface area contributed by atoms with Gasteiger partial charge in [0, 0.05) is 25.8 Å². The fraction of sp³-hybridized carbons (Fsp3) is 0.667. The average molecular weight is 443 g/mol.